The van der Waals surface area contributed by atoms with Crippen LogP contribution in [0.25, 0.3) is 0 Å². The Hall–Kier alpha value is -0.780. The lowest BCUT2D eigenvalue weighted by Gasteiger charge is -2.33. The molecular formula is C16H27N3OS. The van der Waals surface area contributed by atoms with E-state index in [1.165, 1.54) is 50.0 Å². The van der Waals surface area contributed by atoms with Crippen LogP contribution in [0.1, 0.15) is 44.9 Å². The van der Waals surface area contributed by atoms with Crippen LogP contribution >= 0.6 is 0 Å². The first-order chi connectivity index (χ1) is 9.82. The molecule has 2 aliphatic rings. The maximum absolute atomic E-state index is 10.4. The molecule has 1 aromatic heterocycles. The van der Waals surface area contributed by atoms with Gasteiger partial charge in [-0.05, 0) is 76.6 Å². The van der Waals surface area contributed by atoms with Gasteiger partial charge >= 0.3 is 0 Å². The zero-order chi connectivity index (χ0) is 15.5. The van der Waals surface area contributed by atoms with E-state index in [2.05, 4.69) is 22.4 Å². The van der Waals surface area contributed by atoms with Crippen LogP contribution in [0.2, 0.25) is 0 Å². The Labute approximate surface area is 130 Å². The fourth-order valence-corrected chi connectivity index (χ4v) is 2.92. The highest BCUT2D eigenvalue weighted by Gasteiger charge is 2.38. The zero-order valence-corrected chi connectivity index (χ0v) is 14.1. The number of nitrogens with two attached hydrogens (primary N) is 1. The number of nitrogens with one attached hydrogen (secondary N) is 1. The molecular weight excluding hydrogens is 282 g/mol. The van der Waals surface area contributed by atoms with Crippen LogP contribution in [-0.2, 0) is 23.8 Å². The Morgan fingerprint density at radius 2 is 1.90 bits per heavy atom. The van der Waals surface area contributed by atoms with Gasteiger partial charge in [0.25, 0.3) is 0 Å². The van der Waals surface area contributed by atoms with Gasteiger partial charge < -0.3 is 5.32 Å². The van der Waals surface area contributed by atoms with Gasteiger partial charge in [0.15, 0.2) is 0 Å². The molecule has 5 heteroatoms. The minimum Gasteiger partial charge on any atom is -0.317 e. The average Bonchev–Trinajstić information content (AvgIpc) is 2.76. The van der Waals surface area contributed by atoms with Gasteiger partial charge in [0, 0.05) is 11.9 Å². The first-order valence-corrected chi connectivity index (χ1v) is 8.84. The molecule has 0 radical (unpaired) electrons. The largest absolute Gasteiger partial charge is 0.317 e. The summed E-state index contributed by atoms with van der Waals surface area (Å²) in [5.74, 6) is 0. The highest BCUT2D eigenvalue weighted by atomic mass is 32.2. The van der Waals surface area contributed by atoms with Crippen molar-refractivity contribution in [3.05, 3.63) is 29.6 Å². The molecule has 0 saturated carbocycles. The lowest BCUT2D eigenvalue weighted by molar-refractivity contribution is 0.215. The second-order valence-corrected chi connectivity index (χ2v) is 8.94. The summed E-state index contributed by atoms with van der Waals surface area (Å²) in [6.07, 6.45) is 7.05. The van der Waals surface area contributed by atoms with Crippen molar-refractivity contribution >= 4 is 11.0 Å². The fourth-order valence-electron chi connectivity index (χ4n) is 2.92. The number of fused-ring (bicyclic) bond motifs is 1. The smallest absolute Gasteiger partial charge is 0.0942 e. The number of rotatable bonds is 0. The molecule has 2 heterocycles. The molecule has 0 bridgehead atoms. The molecule has 1 aliphatic heterocycles. The van der Waals surface area contributed by atoms with Crippen LogP contribution in [-0.4, -0.2) is 27.0 Å². The second kappa shape index (κ2) is 6.55. The number of hydrogen-bond acceptors (Lipinski definition) is 3. The number of nitrogens with zero attached hydrogens (tertiary/aromatic N) is 1. The predicted octanol–water partition coefficient (Wildman–Crippen LogP) is 1.96. The predicted molar refractivity (Wildman–Crippen MR) is 88.3 cm³/mol. The molecule has 1 fully saturated rings. The van der Waals surface area contributed by atoms with E-state index in [0.717, 1.165) is 0 Å². The SMILES string of the molecule is CC(C)(C)S(N)=O.c1cnc2c(c1)CC1(CCNCC1)C2. The third-order valence-electron chi connectivity index (χ3n) is 4.36. The van der Waals surface area contributed by atoms with Crippen molar-refractivity contribution in [2.45, 2.75) is 51.2 Å². The molecule has 118 valence electrons. The van der Waals surface area contributed by atoms with Gasteiger partial charge in [-0.1, -0.05) is 6.07 Å². The maximum Gasteiger partial charge on any atom is 0.0942 e. The van der Waals surface area contributed by atoms with Gasteiger partial charge in [-0.3, -0.25) is 10.1 Å². The molecule has 4 nitrogen and oxygen atoms in total. The zero-order valence-electron chi connectivity index (χ0n) is 13.3. The van der Waals surface area contributed by atoms with E-state index in [-0.39, 0.29) is 4.75 Å². The third kappa shape index (κ3) is 4.34. The van der Waals surface area contributed by atoms with E-state index in [4.69, 9.17) is 5.14 Å². The molecule has 1 spiro atoms. The summed E-state index contributed by atoms with van der Waals surface area (Å²) < 4.78 is 10.1. The van der Waals surface area contributed by atoms with Crippen molar-refractivity contribution in [1.82, 2.24) is 10.3 Å². The van der Waals surface area contributed by atoms with Crippen LogP contribution in [0.4, 0.5) is 0 Å². The number of aromatic nitrogens is 1. The molecule has 0 aromatic carbocycles. The molecule has 21 heavy (non-hydrogen) atoms. The molecule has 1 aliphatic carbocycles. The Balaban J connectivity index is 0.000000199. The topological polar surface area (TPSA) is 68.0 Å². The third-order valence-corrected chi connectivity index (χ3v) is 5.57. The molecule has 3 rings (SSSR count). The van der Waals surface area contributed by atoms with Crippen LogP contribution < -0.4 is 10.5 Å². The van der Waals surface area contributed by atoms with Crippen molar-refractivity contribution in [2.75, 3.05) is 13.1 Å². The van der Waals surface area contributed by atoms with Crippen molar-refractivity contribution < 1.29 is 4.21 Å². The van der Waals surface area contributed by atoms with Crippen molar-refractivity contribution in [3.63, 3.8) is 0 Å². The van der Waals surface area contributed by atoms with Gasteiger partial charge in [-0.2, -0.15) is 0 Å². The quantitative estimate of drug-likeness (QED) is 0.770. The fraction of sp³-hybridized carbons (Fsp3) is 0.688. The van der Waals surface area contributed by atoms with E-state index in [1.54, 1.807) is 0 Å². The Morgan fingerprint density at radius 3 is 2.43 bits per heavy atom. The van der Waals surface area contributed by atoms with E-state index < -0.39 is 11.0 Å². The second-order valence-electron chi connectivity index (χ2n) is 7.12. The van der Waals surface area contributed by atoms with Crippen LogP contribution in [0.5, 0.6) is 0 Å². The lowest BCUT2D eigenvalue weighted by atomic mass is 9.77. The Bertz CT molecular complexity index is 477. The summed E-state index contributed by atoms with van der Waals surface area (Å²) in [5, 5.41) is 8.48. The van der Waals surface area contributed by atoms with E-state index in [1.807, 2.05) is 27.0 Å². The average molecular weight is 309 g/mol. The summed E-state index contributed by atoms with van der Waals surface area (Å²) in [6, 6.07) is 4.32. The van der Waals surface area contributed by atoms with Crippen LogP contribution in [0.15, 0.2) is 18.3 Å². The molecule has 1 atom stereocenters. The first kappa shape index (κ1) is 16.6. The maximum atomic E-state index is 10.4. The molecule has 1 saturated heterocycles. The van der Waals surface area contributed by atoms with Gasteiger partial charge in [-0.25, -0.2) is 4.21 Å². The number of hydrogen-bond donors (Lipinski definition) is 2. The first-order valence-electron chi connectivity index (χ1n) is 7.62. The van der Waals surface area contributed by atoms with E-state index in [0.29, 0.717) is 5.41 Å². The van der Waals surface area contributed by atoms with Crippen molar-refractivity contribution in [2.24, 2.45) is 10.6 Å². The standard InChI is InChI=1S/C12H16N2.C4H11NOS/c1-2-10-8-12(3-6-13-7-4-12)9-11(10)14-5-1;1-4(2,3)7(5)6/h1-2,5,13H,3-4,6-9H2;5H2,1-3H3. The van der Waals surface area contributed by atoms with Crippen molar-refractivity contribution in [1.29, 1.82) is 0 Å². The highest BCUT2D eigenvalue weighted by Crippen LogP contribution is 2.42. The summed E-state index contributed by atoms with van der Waals surface area (Å²) in [4.78, 5) is 4.49. The van der Waals surface area contributed by atoms with Crippen molar-refractivity contribution in [3.8, 4) is 0 Å². The normalized spacial score (nSPS) is 21.3. The van der Waals surface area contributed by atoms with E-state index in [9.17, 15) is 4.21 Å². The van der Waals surface area contributed by atoms with E-state index >= 15 is 0 Å². The molecule has 1 unspecified atom stereocenters. The van der Waals surface area contributed by atoms with Gasteiger partial charge in [-0.15, -0.1) is 0 Å². The molecule has 1 aromatic rings. The minimum absolute atomic E-state index is 0.250. The highest BCUT2D eigenvalue weighted by molar-refractivity contribution is 7.84. The monoisotopic (exact) mass is 309 g/mol. The summed E-state index contributed by atoms with van der Waals surface area (Å²) >= 11 is 0. The van der Waals surface area contributed by atoms with Gasteiger partial charge in [0.1, 0.15) is 0 Å². The number of piperidine rings is 1. The van der Waals surface area contributed by atoms with Crippen LogP contribution in [0.3, 0.4) is 0 Å². The van der Waals surface area contributed by atoms with Gasteiger partial charge in [0.05, 0.1) is 15.7 Å². The van der Waals surface area contributed by atoms with Gasteiger partial charge in [0.2, 0.25) is 0 Å². The lowest BCUT2D eigenvalue weighted by Crippen LogP contribution is -2.37. The Morgan fingerprint density at radius 1 is 1.29 bits per heavy atom. The minimum atomic E-state index is -1.18. The number of pyridine rings is 1. The van der Waals surface area contributed by atoms with Crippen LogP contribution in [0, 0.1) is 5.41 Å². The molecule has 0 amide bonds. The molecule has 3 N–H and O–H groups in total. The summed E-state index contributed by atoms with van der Waals surface area (Å²) in [5.41, 5.74) is 3.41. The summed E-state index contributed by atoms with van der Waals surface area (Å²) in [7, 11) is -1.18. The summed E-state index contributed by atoms with van der Waals surface area (Å²) in [6.45, 7) is 7.89. The Kier molecular flexibility index (Phi) is 5.17.